The maximum Gasteiger partial charge on any atom is 0.252 e. The van der Waals surface area contributed by atoms with Crippen LogP contribution in [0.25, 0.3) is 16.5 Å². The van der Waals surface area contributed by atoms with Gasteiger partial charge in [-0.15, -0.1) is 0 Å². The van der Waals surface area contributed by atoms with Crippen LogP contribution in [-0.4, -0.2) is 59.7 Å². The predicted molar refractivity (Wildman–Crippen MR) is 157 cm³/mol. The molecule has 4 aromatic rings. The van der Waals surface area contributed by atoms with Crippen LogP contribution in [0.3, 0.4) is 0 Å². The van der Waals surface area contributed by atoms with Crippen LogP contribution in [0.5, 0.6) is 11.5 Å². The number of H-pyrrole nitrogens is 1. The number of carbonyl (C=O) groups excluding carboxylic acids is 1. The summed E-state index contributed by atoms with van der Waals surface area (Å²) in [5.74, 6) is -2.34. The molecule has 41 heavy (non-hydrogen) atoms. The number of primary amides is 1. The number of aromatic amines is 1. The fourth-order valence-electron chi connectivity index (χ4n) is 5.77. The molecular weight excluding hydrogens is 548 g/mol. The summed E-state index contributed by atoms with van der Waals surface area (Å²) in [5.41, 5.74) is 10.3. The van der Waals surface area contributed by atoms with E-state index in [1.165, 1.54) is 0 Å². The van der Waals surface area contributed by atoms with Gasteiger partial charge < -0.3 is 15.4 Å². The number of benzene rings is 3. The van der Waals surface area contributed by atoms with Gasteiger partial charge in [0.25, 0.3) is 11.8 Å². The average molecular weight is 578 g/mol. The fourth-order valence-corrected chi connectivity index (χ4v) is 5.90. The third-order valence-corrected chi connectivity index (χ3v) is 8.13. The van der Waals surface area contributed by atoms with E-state index in [9.17, 15) is 13.6 Å². The Balaban J connectivity index is 1.23. The first-order valence-corrected chi connectivity index (χ1v) is 14.0. The number of para-hydroxylation sites is 1. The number of hydrogen-bond donors (Lipinski definition) is 2. The number of nitrogens with two attached hydrogens (primary N) is 1. The molecule has 0 bridgehead atoms. The molecule has 212 valence electrons. The smallest absolute Gasteiger partial charge is 0.252 e. The van der Waals surface area contributed by atoms with Gasteiger partial charge in [0.15, 0.2) is 5.75 Å². The minimum Gasteiger partial charge on any atom is -0.454 e. The summed E-state index contributed by atoms with van der Waals surface area (Å²) in [6.07, 6.45) is 1.64. The van der Waals surface area contributed by atoms with Crippen LogP contribution >= 0.6 is 11.6 Å². The van der Waals surface area contributed by atoms with Crippen LogP contribution in [0.1, 0.15) is 35.2 Å². The van der Waals surface area contributed by atoms with Crippen molar-refractivity contribution < 1.29 is 18.3 Å². The predicted octanol–water partition coefficient (Wildman–Crippen LogP) is 6.50. The molecule has 7 nitrogen and oxygen atoms in total. The van der Waals surface area contributed by atoms with Gasteiger partial charge in [-0.25, -0.2) is 8.78 Å². The Hall–Kier alpha value is -3.95. The number of nitrogens with one attached hydrogen (secondary N) is 1. The van der Waals surface area contributed by atoms with Crippen molar-refractivity contribution in [1.29, 1.82) is 0 Å². The number of amides is 1. The van der Waals surface area contributed by atoms with Crippen LogP contribution in [-0.2, 0) is 0 Å². The number of ether oxygens (including phenoxy) is 1. The lowest BCUT2D eigenvalue weighted by Crippen LogP contribution is -2.47. The second-order valence-corrected chi connectivity index (χ2v) is 11.0. The Morgan fingerprint density at radius 1 is 1.05 bits per heavy atom. The van der Waals surface area contributed by atoms with E-state index < -0.39 is 11.8 Å². The number of nitrogens with zero attached hydrogens (tertiary/aromatic N) is 3. The van der Waals surface area contributed by atoms with E-state index in [2.05, 4.69) is 20.0 Å². The minimum absolute atomic E-state index is 0.145. The van der Waals surface area contributed by atoms with Gasteiger partial charge in [0.1, 0.15) is 5.75 Å². The lowest BCUT2D eigenvalue weighted by molar-refractivity contribution is -0.0109. The molecule has 3 N–H and O–H groups in total. The molecule has 0 spiro atoms. The Morgan fingerprint density at radius 3 is 2.56 bits per heavy atom. The van der Waals surface area contributed by atoms with E-state index in [1.807, 2.05) is 36.4 Å². The maximum atomic E-state index is 14.5. The van der Waals surface area contributed by atoms with E-state index in [-0.39, 0.29) is 18.4 Å². The number of halogens is 3. The lowest BCUT2D eigenvalue weighted by atomic mass is 9.85. The van der Waals surface area contributed by atoms with Crippen molar-refractivity contribution in [3.63, 3.8) is 0 Å². The Morgan fingerprint density at radius 2 is 1.80 bits per heavy atom. The SMILES string of the molecule is NC(=O)c1cccc(N2CCN(CC3=C(c4ccc(Cl)cc4)CCC(F)(F)C3)CC2)c1Oc1cccc2[nH]ncc12. The van der Waals surface area contributed by atoms with Crippen molar-refractivity contribution in [2.75, 3.05) is 37.6 Å². The highest BCUT2D eigenvalue weighted by molar-refractivity contribution is 6.30. The molecule has 0 radical (unpaired) electrons. The molecule has 6 rings (SSSR count). The normalized spacial score (nSPS) is 17.7. The molecule has 2 aliphatic rings. The number of allylic oxidation sites excluding steroid dienone is 1. The summed E-state index contributed by atoms with van der Waals surface area (Å²) in [4.78, 5) is 16.7. The standard InChI is InChI=1S/C31H30ClF2N5O2/c32-22-9-7-20(8-10-22)23-11-12-31(33,34)17-21(23)19-38-13-15-39(16-14-38)27-5-1-3-24(30(35)40)29(27)41-28-6-2-4-26-25(28)18-36-37-26/h1-10,18H,11-17,19H2,(H2,35,40)(H,36,37). The number of alkyl halides is 2. The molecule has 1 aliphatic heterocycles. The highest BCUT2D eigenvalue weighted by Crippen LogP contribution is 2.42. The van der Waals surface area contributed by atoms with E-state index in [1.54, 1.807) is 30.5 Å². The summed E-state index contributed by atoms with van der Waals surface area (Å²) < 4.78 is 35.4. The molecule has 1 aromatic heterocycles. The zero-order valence-corrected chi connectivity index (χ0v) is 23.1. The van der Waals surface area contributed by atoms with Crippen molar-refractivity contribution in [2.45, 2.75) is 25.2 Å². The molecule has 1 amide bonds. The minimum atomic E-state index is -2.70. The van der Waals surface area contributed by atoms with Crippen molar-refractivity contribution in [2.24, 2.45) is 5.73 Å². The number of fused-ring (bicyclic) bond motifs is 1. The van der Waals surface area contributed by atoms with E-state index >= 15 is 0 Å². The van der Waals surface area contributed by atoms with Gasteiger partial charge in [0.2, 0.25) is 0 Å². The number of hydrogen-bond acceptors (Lipinski definition) is 5. The summed E-state index contributed by atoms with van der Waals surface area (Å²) >= 11 is 6.07. The zero-order valence-electron chi connectivity index (χ0n) is 22.4. The summed E-state index contributed by atoms with van der Waals surface area (Å²) in [5, 5.41) is 8.44. The average Bonchev–Trinajstić information content (AvgIpc) is 3.44. The second kappa shape index (κ2) is 11.1. The second-order valence-electron chi connectivity index (χ2n) is 10.6. The molecule has 1 fully saturated rings. The van der Waals surface area contributed by atoms with Crippen molar-refractivity contribution in [3.8, 4) is 11.5 Å². The first kappa shape index (κ1) is 27.2. The maximum absolute atomic E-state index is 14.5. The van der Waals surface area contributed by atoms with E-state index in [0.29, 0.717) is 55.7 Å². The molecular formula is C31H30ClF2N5O2. The molecule has 0 unspecified atom stereocenters. The molecule has 1 saturated heterocycles. The van der Waals surface area contributed by atoms with Crippen LogP contribution in [0.15, 0.2) is 72.4 Å². The first-order chi connectivity index (χ1) is 19.8. The number of rotatable bonds is 7. The topological polar surface area (TPSA) is 87.5 Å². The summed E-state index contributed by atoms with van der Waals surface area (Å²) in [6.45, 7) is 3.08. The number of piperazine rings is 1. The molecule has 10 heteroatoms. The largest absolute Gasteiger partial charge is 0.454 e. The number of anilines is 1. The zero-order chi connectivity index (χ0) is 28.6. The molecule has 1 aliphatic carbocycles. The quantitative estimate of drug-likeness (QED) is 0.262. The molecule has 3 aromatic carbocycles. The van der Waals surface area contributed by atoms with Gasteiger partial charge >= 0.3 is 0 Å². The molecule has 0 saturated carbocycles. The first-order valence-electron chi connectivity index (χ1n) is 13.6. The van der Waals surface area contributed by atoms with Gasteiger partial charge in [0, 0.05) is 50.6 Å². The Bertz CT molecular complexity index is 1610. The third kappa shape index (κ3) is 5.78. The number of carbonyl (C=O) groups is 1. The van der Waals surface area contributed by atoms with Crippen LogP contribution in [0.2, 0.25) is 5.02 Å². The van der Waals surface area contributed by atoms with Crippen molar-refractivity contribution in [1.82, 2.24) is 15.1 Å². The fraction of sp³-hybridized carbons (Fsp3) is 0.290. The van der Waals surface area contributed by atoms with Crippen LogP contribution in [0.4, 0.5) is 14.5 Å². The molecule has 2 heterocycles. The van der Waals surface area contributed by atoms with Crippen LogP contribution < -0.4 is 15.4 Å². The monoisotopic (exact) mass is 577 g/mol. The molecule has 0 atom stereocenters. The lowest BCUT2D eigenvalue weighted by Gasteiger charge is -2.38. The Kier molecular flexibility index (Phi) is 7.40. The highest BCUT2D eigenvalue weighted by atomic mass is 35.5. The third-order valence-electron chi connectivity index (χ3n) is 7.88. The van der Waals surface area contributed by atoms with Gasteiger partial charge in [-0.3, -0.25) is 14.8 Å². The van der Waals surface area contributed by atoms with Gasteiger partial charge in [-0.1, -0.05) is 35.9 Å². The Labute approximate surface area is 241 Å². The van der Waals surface area contributed by atoms with E-state index in [0.717, 1.165) is 33.3 Å². The van der Waals surface area contributed by atoms with Gasteiger partial charge in [0.05, 0.1) is 28.4 Å². The van der Waals surface area contributed by atoms with Crippen molar-refractivity contribution >= 4 is 39.7 Å². The van der Waals surface area contributed by atoms with Crippen LogP contribution in [0, 0.1) is 0 Å². The van der Waals surface area contributed by atoms with Gasteiger partial charge in [-0.2, -0.15) is 5.10 Å². The summed E-state index contributed by atoms with van der Waals surface area (Å²) in [6, 6.07) is 18.4. The van der Waals surface area contributed by atoms with E-state index in [4.69, 9.17) is 22.1 Å². The highest BCUT2D eigenvalue weighted by Gasteiger charge is 2.36. The summed E-state index contributed by atoms with van der Waals surface area (Å²) in [7, 11) is 0. The van der Waals surface area contributed by atoms with Gasteiger partial charge in [-0.05, 0) is 59.5 Å². The number of aromatic nitrogens is 2. The van der Waals surface area contributed by atoms with Crippen molar-refractivity contribution in [3.05, 3.63) is 88.6 Å².